The third kappa shape index (κ3) is 5.41. The van der Waals surface area contributed by atoms with E-state index in [1.807, 2.05) is 6.07 Å². The third-order valence-electron chi connectivity index (χ3n) is 6.20. The van der Waals surface area contributed by atoms with Gasteiger partial charge in [0.25, 0.3) is 0 Å². The molecule has 0 radical (unpaired) electrons. The predicted molar refractivity (Wildman–Crippen MR) is 127 cm³/mol. The first-order valence-corrected chi connectivity index (χ1v) is 11.8. The summed E-state index contributed by atoms with van der Waals surface area (Å²) < 4.78 is 10.2. The Morgan fingerprint density at radius 1 is 0.912 bits per heavy atom. The molecule has 0 saturated carbocycles. The van der Waals surface area contributed by atoms with Gasteiger partial charge in [0.05, 0.1) is 13.2 Å². The predicted octanol–water partition coefficient (Wildman–Crippen LogP) is 1.48. The number of hydrogen-bond donors (Lipinski definition) is 1. The number of nitrogens with zero attached hydrogens (tertiary/aromatic N) is 5. The van der Waals surface area contributed by atoms with E-state index in [-0.39, 0.29) is 17.7 Å². The Kier molecular flexibility index (Phi) is 7.51. The van der Waals surface area contributed by atoms with Crippen LogP contribution in [0.15, 0.2) is 23.0 Å². The maximum absolute atomic E-state index is 12.0. The van der Waals surface area contributed by atoms with E-state index in [9.17, 15) is 14.4 Å². The SMILES string of the molecule is CCOC(=O)N1CCN(Cc2cc(N3CCN(C(=O)OCC)CC3)nc3[nH]c(=O)ccc23)CC1. The lowest BCUT2D eigenvalue weighted by Crippen LogP contribution is -2.49. The van der Waals surface area contributed by atoms with Gasteiger partial charge in [-0.15, -0.1) is 0 Å². The number of piperazine rings is 2. The van der Waals surface area contributed by atoms with Gasteiger partial charge in [-0.25, -0.2) is 14.6 Å². The number of carbonyl (C=O) groups excluding carboxylic acids is 2. The average Bonchev–Trinajstić information content (AvgIpc) is 2.84. The normalized spacial score (nSPS) is 17.2. The molecule has 0 spiro atoms. The zero-order valence-electron chi connectivity index (χ0n) is 19.8. The van der Waals surface area contributed by atoms with Gasteiger partial charge >= 0.3 is 12.2 Å². The zero-order chi connectivity index (χ0) is 24.1. The molecule has 0 bridgehead atoms. The van der Waals surface area contributed by atoms with Crippen LogP contribution >= 0.6 is 0 Å². The highest BCUT2D eigenvalue weighted by atomic mass is 16.6. The molecule has 0 aromatic carbocycles. The van der Waals surface area contributed by atoms with Gasteiger partial charge in [-0.1, -0.05) is 0 Å². The molecule has 2 amide bonds. The number of hydrogen-bond acceptors (Lipinski definition) is 8. The Hall–Kier alpha value is -3.34. The van der Waals surface area contributed by atoms with Crippen molar-refractivity contribution in [1.29, 1.82) is 0 Å². The van der Waals surface area contributed by atoms with Gasteiger partial charge in [-0.2, -0.15) is 0 Å². The van der Waals surface area contributed by atoms with Gasteiger partial charge in [0.2, 0.25) is 5.56 Å². The highest BCUT2D eigenvalue weighted by molar-refractivity contribution is 5.81. The maximum atomic E-state index is 12.0. The van der Waals surface area contributed by atoms with Crippen LogP contribution in [0, 0.1) is 0 Å². The Bertz CT molecular complexity index is 1070. The Labute approximate surface area is 198 Å². The fourth-order valence-electron chi connectivity index (χ4n) is 4.36. The summed E-state index contributed by atoms with van der Waals surface area (Å²) in [4.78, 5) is 51.4. The molecular weight excluding hydrogens is 440 g/mol. The molecule has 2 aliphatic heterocycles. The number of aromatic amines is 1. The van der Waals surface area contributed by atoms with Gasteiger partial charge in [-0.3, -0.25) is 9.69 Å². The molecule has 11 heteroatoms. The van der Waals surface area contributed by atoms with Crippen LogP contribution in [0.1, 0.15) is 19.4 Å². The molecule has 184 valence electrons. The van der Waals surface area contributed by atoms with Crippen LogP contribution in [0.5, 0.6) is 0 Å². The van der Waals surface area contributed by atoms with E-state index >= 15 is 0 Å². The van der Waals surface area contributed by atoms with Crippen molar-refractivity contribution in [3.63, 3.8) is 0 Å². The van der Waals surface area contributed by atoms with Crippen molar-refractivity contribution in [2.24, 2.45) is 0 Å². The summed E-state index contributed by atoms with van der Waals surface area (Å²) in [6.07, 6.45) is -0.557. The summed E-state index contributed by atoms with van der Waals surface area (Å²) in [6, 6.07) is 5.40. The zero-order valence-corrected chi connectivity index (χ0v) is 19.8. The second kappa shape index (κ2) is 10.7. The van der Waals surface area contributed by atoms with Crippen molar-refractivity contribution in [1.82, 2.24) is 24.7 Å². The molecule has 34 heavy (non-hydrogen) atoms. The standard InChI is InChI=1S/C23H32N6O5/c1-3-33-22(31)28-9-7-26(8-10-28)16-17-15-19(24-21-18(17)5-6-20(30)25-21)27-11-13-29(14-12-27)23(32)34-4-2/h5-6,15H,3-4,7-14,16H2,1-2H3,(H,24,25,30). The van der Waals surface area contributed by atoms with E-state index in [1.54, 1.807) is 23.6 Å². The molecule has 0 aliphatic carbocycles. The summed E-state index contributed by atoms with van der Waals surface area (Å²) in [5, 5.41) is 0.904. The van der Waals surface area contributed by atoms with E-state index < -0.39 is 0 Å². The fraction of sp³-hybridized carbons (Fsp3) is 0.565. The summed E-state index contributed by atoms with van der Waals surface area (Å²) in [6.45, 7) is 10.1. The molecule has 0 unspecified atom stereocenters. The highest BCUT2D eigenvalue weighted by Crippen LogP contribution is 2.24. The van der Waals surface area contributed by atoms with Crippen LogP contribution in [-0.4, -0.2) is 102 Å². The summed E-state index contributed by atoms with van der Waals surface area (Å²) >= 11 is 0. The number of ether oxygens (including phenoxy) is 2. The Morgan fingerprint density at radius 3 is 2.09 bits per heavy atom. The minimum Gasteiger partial charge on any atom is -0.450 e. The van der Waals surface area contributed by atoms with Crippen LogP contribution in [-0.2, 0) is 16.0 Å². The van der Waals surface area contributed by atoms with E-state index in [0.29, 0.717) is 64.7 Å². The molecule has 2 saturated heterocycles. The lowest BCUT2D eigenvalue weighted by Gasteiger charge is -2.36. The molecule has 4 heterocycles. The molecule has 1 N–H and O–H groups in total. The van der Waals surface area contributed by atoms with Gasteiger partial charge < -0.3 is 29.2 Å². The van der Waals surface area contributed by atoms with E-state index in [4.69, 9.17) is 14.5 Å². The Morgan fingerprint density at radius 2 is 1.50 bits per heavy atom. The van der Waals surface area contributed by atoms with Crippen molar-refractivity contribution < 1.29 is 19.1 Å². The largest absolute Gasteiger partial charge is 0.450 e. The van der Waals surface area contributed by atoms with Crippen molar-refractivity contribution in [2.45, 2.75) is 20.4 Å². The molecule has 2 fully saturated rings. The summed E-state index contributed by atoms with van der Waals surface area (Å²) in [5.41, 5.74) is 1.42. The van der Waals surface area contributed by atoms with Crippen molar-refractivity contribution >= 4 is 29.0 Å². The van der Waals surface area contributed by atoms with Gasteiger partial charge in [0.15, 0.2) is 0 Å². The number of amides is 2. The number of nitrogens with one attached hydrogen (secondary N) is 1. The number of carbonyl (C=O) groups is 2. The summed E-state index contributed by atoms with van der Waals surface area (Å²) in [5.74, 6) is 0.776. The molecule has 2 aromatic rings. The Balaban J connectivity index is 1.50. The highest BCUT2D eigenvalue weighted by Gasteiger charge is 2.25. The van der Waals surface area contributed by atoms with Crippen LogP contribution < -0.4 is 10.5 Å². The lowest BCUT2D eigenvalue weighted by atomic mass is 10.1. The quantitative estimate of drug-likeness (QED) is 0.697. The minimum atomic E-state index is -0.291. The van der Waals surface area contributed by atoms with E-state index in [0.717, 1.165) is 29.9 Å². The number of aromatic nitrogens is 2. The second-order valence-electron chi connectivity index (χ2n) is 8.36. The number of rotatable bonds is 5. The topological polar surface area (TPSA) is 111 Å². The lowest BCUT2D eigenvalue weighted by molar-refractivity contribution is 0.0779. The number of H-pyrrole nitrogens is 1. The van der Waals surface area contributed by atoms with Crippen LogP contribution in [0.3, 0.4) is 0 Å². The van der Waals surface area contributed by atoms with Gasteiger partial charge in [0.1, 0.15) is 11.5 Å². The molecule has 2 aromatic heterocycles. The van der Waals surface area contributed by atoms with Crippen molar-refractivity contribution in [2.75, 3.05) is 70.5 Å². The molecule has 2 aliphatic rings. The number of pyridine rings is 2. The number of fused-ring (bicyclic) bond motifs is 1. The monoisotopic (exact) mass is 472 g/mol. The fourth-order valence-corrected chi connectivity index (χ4v) is 4.36. The van der Waals surface area contributed by atoms with Crippen LogP contribution in [0.4, 0.5) is 15.4 Å². The van der Waals surface area contributed by atoms with Crippen molar-refractivity contribution in [3.8, 4) is 0 Å². The van der Waals surface area contributed by atoms with Gasteiger partial charge in [-0.05, 0) is 31.5 Å². The van der Waals surface area contributed by atoms with E-state index in [1.165, 1.54) is 6.07 Å². The first-order valence-electron chi connectivity index (χ1n) is 11.8. The van der Waals surface area contributed by atoms with Crippen molar-refractivity contribution in [3.05, 3.63) is 34.1 Å². The minimum absolute atomic E-state index is 0.196. The number of anilines is 1. The first-order chi connectivity index (χ1) is 16.5. The molecule has 4 rings (SSSR count). The smallest absolute Gasteiger partial charge is 0.409 e. The van der Waals surface area contributed by atoms with Gasteiger partial charge in [0, 0.05) is 70.4 Å². The summed E-state index contributed by atoms with van der Waals surface area (Å²) in [7, 11) is 0. The molecule has 0 atom stereocenters. The van der Waals surface area contributed by atoms with Crippen LogP contribution in [0.2, 0.25) is 0 Å². The first kappa shape index (κ1) is 23.8. The third-order valence-corrected chi connectivity index (χ3v) is 6.20. The van der Waals surface area contributed by atoms with Crippen LogP contribution in [0.25, 0.3) is 11.0 Å². The average molecular weight is 473 g/mol. The second-order valence-corrected chi connectivity index (χ2v) is 8.36. The molecule has 11 nitrogen and oxygen atoms in total. The van der Waals surface area contributed by atoms with E-state index in [2.05, 4.69) is 20.9 Å². The molecular formula is C23H32N6O5. The maximum Gasteiger partial charge on any atom is 0.409 e.